The number of pyridine rings is 1. The van der Waals surface area contributed by atoms with Crippen molar-refractivity contribution >= 4 is 23.5 Å². The van der Waals surface area contributed by atoms with E-state index in [-0.39, 0.29) is 0 Å². The van der Waals surface area contributed by atoms with E-state index in [2.05, 4.69) is 34.9 Å². The summed E-state index contributed by atoms with van der Waals surface area (Å²) in [7, 11) is 4.13. The number of hydrogen-bond acceptors (Lipinski definition) is 5. The van der Waals surface area contributed by atoms with Gasteiger partial charge in [-0.3, -0.25) is 4.79 Å². The maximum absolute atomic E-state index is 11.6. The summed E-state index contributed by atoms with van der Waals surface area (Å²) in [5.74, 6) is 0.492. The van der Waals surface area contributed by atoms with Crippen molar-refractivity contribution in [2.45, 2.75) is 6.42 Å². The van der Waals surface area contributed by atoms with Crippen LogP contribution in [0.15, 0.2) is 66.9 Å². The number of nitrogen functional groups attached to an aromatic ring is 1. The van der Waals surface area contributed by atoms with E-state index in [0.29, 0.717) is 11.4 Å². The predicted molar refractivity (Wildman–Crippen MR) is 116 cm³/mol. The van der Waals surface area contributed by atoms with Crippen molar-refractivity contribution in [2.24, 2.45) is 0 Å². The first-order chi connectivity index (χ1) is 13.6. The van der Waals surface area contributed by atoms with E-state index < -0.39 is 0 Å². The van der Waals surface area contributed by atoms with Gasteiger partial charge in [-0.1, -0.05) is 42.5 Å². The summed E-state index contributed by atoms with van der Waals surface area (Å²) in [4.78, 5) is 20.2. The molecule has 2 N–H and O–H groups in total. The molecule has 0 radical (unpaired) electrons. The Labute approximate surface area is 166 Å². The fourth-order valence-corrected chi connectivity index (χ4v) is 3.33. The molecule has 0 aliphatic carbocycles. The van der Waals surface area contributed by atoms with E-state index in [4.69, 9.17) is 5.73 Å². The normalized spacial score (nSPS) is 10.8. The number of para-hydroxylation sites is 1. The molecule has 5 heteroatoms. The van der Waals surface area contributed by atoms with Crippen LogP contribution in [-0.4, -0.2) is 43.4 Å². The summed E-state index contributed by atoms with van der Waals surface area (Å²) in [5.41, 5.74) is 10.7. The molecule has 3 aromatic rings. The third-order valence-electron chi connectivity index (χ3n) is 4.67. The van der Waals surface area contributed by atoms with Crippen molar-refractivity contribution in [3.63, 3.8) is 0 Å². The van der Waals surface area contributed by atoms with E-state index in [1.165, 1.54) is 0 Å². The number of benzene rings is 2. The lowest BCUT2D eigenvalue weighted by molar-refractivity contribution is 0.112. The molecule has 0 aliphatic heterocycles. The average Bonchev–Trinajstić information content (AvgIpc) is 2.72. The van der Waals surface area contributed by atoms with Crippen LogP contribution in [0.5, 0.6) is 0 Å². The third-order valence-corrected chi connectivity index (χ3v) is 4.67. The standard InChI is InChI=1S/C23H26N4O/c1-26(2)15-8-16-27(22-13-7-14-25-23(22)24)21-12-6-5-11-20(21)19-10-4-3-9-18(19)17-28/h3-7,9-14,17H,8,15-16H2,1-2H3,(H2,24,25). The van der Waals surface area contributed by atoms with Crippen molar-refractivity contribution in [2.75, 3.05) is 37.8 Å². The first kappa shape index (κ1) is 19.6. The van der Waals surface area contributed by atoms with Gasteiger partial charge in [0.2, 0.25) is 0 Å². The number of rotatable bonds is 8. The molecule has 1 heterocycles. The van der Waals surface area contributed by atoms with Gasteiger partial charge in [0, 0.05) is 29.6 Å². The Balaban J connectivity index is 2.10. The molecule has 0 saturated heterocycles. The van der Waals surface area contributed by atoms with Crippen LogP contribution in [0.2, 0.25) is 0 Å². The molecule has 0 aliphatic rings. The van der Waals surface area contributed by atoms with Crippen molar-refractivity contribution in [1.82, 2.24) is 9.88 Å². The zero-order valence-electron chi connectivity index (χ0n) is 16.4. The molecule has 0 saturated carbocycles. The maximum Gasteiger partial charge on any atom is 0.150 e. The van der Waals surface area contributed by atoms with Gasteiger partial charge in [-0.25, -0.2) is 4.98 Å². The molecular weight excluding hydrogens is 348 g/mol. The van der Waals surface area contributed by atoms with Crippen molar-refractivity contribution in [1.29, 1.82) is 0 Å². The minimum Gasteiger partial charge on any atom is -0.382 e. The van der Waals surface area contributed by atoms with Gasteiger partial charge in [-0.15, -0.1) is 0 Å². The van der Waals surface area contributed by atoms with Crippen molar-refractivity contribution < 1.29 is 4.79 Å². The lowest BCUT2D eigenvalue weighted by Crippen LogP contribution is -2.24. The van der Waals surface area contributed by atoms with Gasteiger partial charge >= 0.3 is 0 Å². The summed E-state index contributed by atoms with van der Waals surface area (Å²) in [6, 6.07) is 19.6. The van der Waals surface area contributed by atoms with Crippen LogP contribution in [0.4, 0.5) is 17.2 Å². The van der Waals surface area contributed by atoms with Crippen LogP contribution in [-0.2, 0) is 0 Å². The number of aldehydes is 1. The van der Waals surface area contributed by atoms with E-state index in [9.17, 15) is 4.79 Å². The zero-order valence-corrected chi connectivity index (χ0v) is 16.4. The predicted octanol–water partition coefficient (Wildman–Crippen LogP) is 4.23. The second kappa shape index (κ2) is 9.15. The minimum atomic E-state index is 0.492. The molecule has 0 atom stereocenters. The molecule has 144 valence electrons. The summed E-state index contributed by atoms with van der Waals surface area (Å²) in [5, 5.41) is 0. The quantitative estimate of drug-likeness (QED) is 0.598. The largest absolute Gasteiger partial charge is 0.382 e. The Morgan fingerprint density at radius 2 is 1.57 bits per heavy atom. The number of carbonyl (C=O) groups is 1. The van der Waals surface area contributed by atoms with Crippen molar-refractivity contribution in [3.8, 4) is 11.1 Å². The molecule has 0 spiro atoms. The van der Waals surface area contributed by atoms with Gasteiger partial charge < -0.3 is 15.5 Å². The summed E-state index contributed by atoms with van der Waals surface area (Å²) in [6.45, 7) is 1.75. The number of aromatic nitrogens is 1. The molecule has 0 unspecified atom stereocenters. The summed E-state index contributed by atoms with van der Waals surface area (Å²) >= 11 is 0. The highest BCUT2D eigenvalue weighted by molar-refractivity contribution is 5.93. The Hall–Kier alpha value is -3.18. The molecule has 0 amide bonds. The lowest BCUT2D eigenvalue weighted by atomic mass is 9.98. The summed E-state index contributed by atoms with van der Waals surface area (Å²) < 4.78 is 0. The van der Waals surface area contributed by atoms with Gasteiger partial charge in [0.05, 0.1) is 5.69 Å². The monoisotopic (exact) mass is 374 g/mol. The van der Waals surface area contributed by atoms with Crippen LogP contribution in [0.25, 0.3) is 11.1 Å². The topological polar surface area (TPSA) is 62.5 Å². The van der Waals surface area contributed by atoms with Gasteiger partial charge in [0.15, 0.2) is 6.29 Å². The molecule has 0 bridgehead atoms. The fourth-order valence-electron chi connectivity index (χ4n) is 3.33. The average molecular weight is 374 g/mol. The second-order valence-electron chi connectivity index (χ2n) is 6.94. The number of anilines is 3. The van der Waals surface area contributed by atoms with Crippen LogP contribution < -0.4 is 10.6 Å². The van der Waals surface area contributed by atoms with Gasteiger partial charge in [0.25, 0.3) is 0 Å². The summed E-state index contributed by atoms with van der Waals surface area (Å²) in [6.07, 6.45) is 3.57. The van der Waals surface area contributed by atoms with Gasteiger partial charge in [0.1, 0.15) is 5.82 Å². The lowest BCUT2D eigenvalue weighted by Gasteiger charge is -2.29. The highest BCUT2D eigenvalue weighted by atomic mass is 16.1. The SMILES string of the molecule is CN(C)CCCN(c1ccccc1-c1ccccc1C=O)c1cccnc1N. The van der Waals surface area contributed by atoms with Crippen molar-refractivity contribution in [3.05, 3.63) is 72.4 Å². The van der Waals surface area contributed by atoms with E-state index in [1.807, 2.05) is 54.6 Å². The highest BCUT2D eigenvalue weighted by Crippen LogP contribution is 2.37. The van der Waals surface area contributed by atoms with E-state index in [0.717, 1.165) is 48.3 Å². The van der Waals surface area contributed by atoms with Crippen LogP contribution in [0.1, 0.15) is 16.8 Å². The van der Waals surface area contributed by atoms with E-state index >= 15 is 0 Å². The van der Waals surface area contributed by atoms with Gasteiger partial charge in [-0.2, -0.15) is 0 Å². The second-order valence-corrected chi connectivity index (χ2v) is 6.94. The molecule has 28 heavy (non-hydrogen) atoms. The molecule has 1 aromatic heterocycles. The van der Waals surface area contributed by atoms with Crippen LogP contribution >= 0.6 is 0 Å². The molecule has 3 rings (SSSR count). The third kappa shape index (κ3) is 4.38. The Kier molecular flexibility index (Phi) is 6.40. The van der Waals surface area contributed by atoms with Crippen LogP contribution in [0.3, 0.4) is 0 Å². The molecule has 5 nitrogen and oxygen atoms in total. The number of nitrogens with two attached hydrogens (primary N) is 1. The minimum absolute atomic E-state index is 0.492. The first-order valence-electron chi connectivity index (χ1n) is 9.38. The number of nitrogens with zero attached hydrogens (tertiary/aromatic N) is 3. The molecular formula is C23H26N4O. The zero-order chi connectivity index (χ0) is 19.9. The Morgan fingerprint density at radius 1 is 0.893 bits per heavy atom. The highest BCUT2D eigenvalue weighted by Gasteiger charge is 2.18. The van der Waals surface area contributed by atoms with Crippen LogP contribution in [0, 0.1) is 0 Å². The Bertz CT molecular complexity index is 939. The molecule has 2 aromatic carbocycles. The maximum atomic E-state index is 11.6. The van der Waals surface area contributed by atoms with Gasteiger partial charge in [-0.05, 0) is 50.8 Å². The first-order valence-corrected chi connectivity index (χ1v) is 9.38. The smallest absolute Gasteiger partial charge is 0.150 e. The fraction of sp³-hybridized carbons (Fsp3) is 0.217. The van der Waals surface area contributed by atoms with E-state index in [1.54, 1.807) is 6.20 Å². The molecule has 0 fully saturated rings. The number of hydrogen-bond donors (Lipinski definition) is 1. The number of carbonyl (C=O) groups excluding carboxylic acids is 1. The Morgan fingerprint density at radius 3 is 2.29 bits per heavy atom.